The first-order chi connectivity index (χ1) is 9.98. The van der Waals surface area contributed by atoms with Gasteiger partial charge in [-0.3, -0.25) is 9.10 Å². The number of benzene rings is 1. The summed E-state index contributed by atoms with van der Waals surface area (Å²) in [5.41, 5.74) is 1.34. The van der Waals surface area contributed by atoms with E-state index in [0.717, 1.165) is 24.9 Å². The first-order valence-corrected chi connectivity index (χ1v) is 9.21. The van der Waals surface area contributed by atoms with E-state index in [1.807, 2.05) is 18.2 Å². The topological polar surface area (TPSA) is 57.7 Å². The van der Waals surface area contributed by atoms with Gasteiger partial charge in [-0.2, -0.15) is 0 Å². The zero-order chi connectivity index (χ0) is 15.0. The summed E-state index contributed by atoms with van der Waals surface area (Å²) in [7, 11) is -3.33. The predicted molar refractivity (Wildman–Crippen MR) is 82.9 cm³/mol. The number of para-hydroxylation sites is 2. The van der Waals surface area contributed by atoms with Crippen LogP contribution in [0.25, 0.3) is 0 Å². The second kappa shape index (κ2) is 5.33. The van der Waals surface area contributed by atoms with Gasteiger partial charge in [-0.05, 0) is 31.4 Å². The Morgan fingerprint density at radius 3 is 2.33 bits per heavy atom. The highest BCUT2D eigenvalue weighted by Crippen LogP contribution is 2.37. The largest absolute Gasteiger partial charge is 0.310 e. The molecule has 21 heavy (non-hydrogen) atoms. The summed E-state index contributed by atoms with van der Waals surface area (Å²) in [5.74, 6) is 0.256. The number of rotatable bonds is 2. The van der Waals surface area contributed by atoms with Crippen molar-refractivity contribution >= 4 is 27.3 Å². The molecule has 0 atom stereocenters. The zero-order valence-corrected chi connectivity index (χ0v) is 13.0. The second-order valence-corrected chi connectivity index (χ2v) is 7.70. The minimum Gasteiger partial charge on any atom is -0.310 e. The van der Waals surface area contributed by atoms with Gasteiger partial charge < -0.3 is 4.90 Å². The van der Waals surface area contributed by atoms with Crippen molar-refractivity contribution in [2.45, 2.75) is 25.7 Å². The van der Waals surface area contributed by atoms with Crippen molar-refractivity contribution in [3.05, 3.63) is 24.3 Å². The molecule has 0 unspecified atom stereocenters. The summed E-state index contributed by atoms with van der Waals surface area (Å²) in [6, 6.07) is 7.29. The van der Waals surface area contributed by atoms with Crippen LogP contribution in [-0.4, -0.2) is 33.7 Å². The SMILES string of the molecule is CS(=O)(=O)N1CCCN(C(=O)C2CCC2)c2ccccc21. The summed E-state index contributed by atoms with van der Waals surface area (Å²) < 4.78 is 25.4. The van der Waals surface area contributed by atoms with Crippen LogP contribution < -0.4 is 9.21 Å². The molecule has 1 heterocycles. The van der Waals surface area contributed by atoms with Crippen molar-refractivity contribution in [2.75, 3.05) is 28.6 Å². The fourth-order valence-corrected chi connectivity index (χ4v) is 3.94. The van der Waals surface area contributed by atoms with Crippen molar-refractivity contribution < 1.29 is 13.2 Å². The summed E-state index contributed by atoms with van der Waals surface area (Å²) in [4.78, 5) is 14.4. The summed E-state index contributed by atoms with van der Waals surface area (Å²) in [6.07, 6.45) is 4.88. The lowest BCUT2D eigenvalue weighted by Crippen LogP contribution is -2.39. The van der Waals surface area contributed by atoms with Gasteiger partial charge in [0.05, 0.1) is 17.6 Å². The molecule has 1 aliphatic heterocycles. The number of carbonyl (C=O) groups is 1. The number of sulfonamides is 1. The molecule has 1 fully saturated rings. The Morgan fingerprint density at radius 1 is 1.10 bits per heavy atom. The lowest BCUT2D eigenvalue weighted by Gasteiger charge is -2.32. The number of carbonyl (C=O) groups excluding carboxylic acids is 1. The maximum Gasteiger partial charge on any atom is 0.232 e. The van der Waals surface area contributed by atoms with Gasteiger partial charge in [-0.1, -0.05) is 18.6 Å². The molecule has 114 valence electrons. The van der Waals surface area contributed by atoms with Gasteiger partial charge in [0.1, 0.15) is 0 Å². The van der Waals surface area contributed by atoms with Crippen molar-refractivity contribution in [2.24, 2.45) is 5.92 Å². The Morgan fingerprint density at radius 2 is 1.76 bits per heavy atom. The molecular weight excluding hydrogens is 288 g/mol. The summed E-state index contributed by atoms with van der Waals surface area (Å²) in [5, 5.41) is 0. The standard InChI is InChI=1S/C15H20N2O3S/c1-21(19,20)17-11-5-10-16(15(18)12-6-4-7-12)13-8-2-3-9-14(13)17/h2-3,8-9,12H,4-7,10-11H2,1H3. The van der Waals surface area contributed by atoms with Crippen LogP contribution in [0.3, 0.4) is 0 Å². The van der Waals surface area contributed by atoms with E-state index >= 15 is 0 Å². The highest BCUT2D eigenvalue weighted by molar-refractivity contribution is 7.92. The van der Waals surface area contributed by atoms with Crippen LogP contribution in [0, 0.1) is 5.92 Å². The molecule has 3 rings (SSSR count). The van der Waals surface area contributed by atoms with E-state index in [9.17, 15) is 13.2 Å². The van der Waals surface area contributed by atoms with Gasteiger partial charge in [0.25, 0.3) is 0 Å². The third-order valence-electron chi connectivity index (χ3n) is 4.30. The molecule has 1 aromatic carbocycles. The Balaban J connectivity index is 2.02. The fourth-order valence-electron chi connectivity index (χ4n) is 2.97. The molecular formula is C15H20N2O3S. The molecule has 0 N–H and O–H groups in total. The number of nitrogens with zero attached hydrogens (tertiary/aromatic N) is 2. The Kier molecular flexibility index (Phi) is 3.65. The van der Waals surface area contributed by atoms with Crippen molar-refractivity contribution in [3.63, 3.8) is 0 Å². The number of hydrogen-bond acceptors (Lipinski definition) is 3. The van der Waals surface area contributed by atoms with E-state index in [0.29, 0.717) is 25.2 Å². The smallest absolute Gasteiger partial charge is 0.232 e. The second-order valence-electron chi connectivity index (χ2n) is 5.80. The fraction of sp³-hybridized carbons (Fsp3) is 0.533. The van der Waals surface area contributed by atoms with E-state index in [-0.39, 0.29) is 11.8 Å². The van der Waals surface area contributed by atoms with Crippen LogP contribution >= 0.6 is 0 Å². The minimum absolute atomic E-state index is 0.114. The quantitative estimate of drug-likeness (QED) is 0.839. The predicted octanol–water partition coefficient (Wildman–Crippen LogP) is 1.99. The molecule has 6 heteroatoms. The van der Waals surface area contributed by atoms with Crippen LogP contribution in [0.4, 0.5) is 11.4 Å². The minimum atomic E-state index is -3.33. The van der Waals surface area contributed by atoms with Gasteiger partial charge in [0.15, 0.2) is 0 Å². The van der Waals surface area contributed by atoms with Crippen LogP contribution in [0.5, 0.6) is 0 Å². The molecule has 0 radical (unpaired) electrons. The van der Waals surface area contributed by atoms with E-state index in [1.54, 1.807) is 11.0 Å². The Labute approximate surface area is 125 Å². The first kappa shape index (κ1) is 14.4. The van der Waals surface area contributed by atoms with Gasteiger partial charge in [-0.15, -0.1) is 0 Å². The molecule has 1 aliphatic carbocycles. The molecule has 0 bridgehead atoms. The molecule has 5 nitrogen and oxygen atoms in total. The van der Waals surface area contributed by atoms with Crippen LogP contribution in [0.2, 0.25) is 0 Å². The molecule has 1 aromatic rings. The monoisotopic (exact) mass is 308 g/mol. The van der Waals surface area contributed by atoms with Gasteiger partial charge in [0, 0.05) is 19.0 Å². The van der Waals surface area contributed by atoms with Gasteiger partial charge in [0.2, 0.25) is 15.9 Å². The van der Waals surface area contributed by atoms with Gasteiger partial charge >= 0.3 is 0 Å². The molecule has 1 amide bonds. The number of fused-ring (bicyclic) bond motifs is 1. The van der Waals surface area contributed by atoms with E-state index < -0.39 is 10.0 Å². The lowest BCUT2D eigenvalue weighted by atomic mass is 9.84. The molecule has 2 aliphatic rings. The van der Waals surface area contributed by atoms with E-state index in [1.165, 1.54) is 10.6 Å². The Bertz CT molecular complexity index is 653. The van der Waals surface area contributed by atoms with Crippen LogP contribution in [0.15, 0.2) is 24.3 Å². The number of anilines is 2. The molecule has 0 aromatic heterocycles. The summed E-state index contributed by atoms with van der Waals surface area (Å²) >= 11 is 0. The Hall–Kier alpha value is -1.56. The summed E-state index contributed by atoms with van der Waals surface area (Å²) in [6.45, 7) is 1.00. The molecule has 1 saturated carbocycles. The van der Waals surface area contributed by atoms with Gasteiger partial charge in [-0.25, -0.2) is 8.42 Å². The van der Waals surface area contributed by atoms with Crippen molar-refractivity contribution in [1.82, 2.24) is 0 Å². The van der Waals surface area contributed by atoms with Crippen LogP contribution in [-0.2, 0) is 14.8 Å². The zero-order valence-electron chi connectivity index (χ0n) is 12.2. The van der Waals surface area contributed by atoms with E-state index in [2.05, 4.69) is 0 Å². The molecule has 0 spiro atoms. The number of amides is 1. The normalized spacial score (nSPS) is 19.7. The maximum atomic E-state index is 12.6. The number of hydrogen-bond donors (Lipinski definition) is 0. The van der Waals surface area contributed by atoms with Crippen molar-refractivity contribution in [3.8, 4) is 0 Å². The highest BCUT2D eigenvalue weighted by Gasteiger charge is 2.34. The average molecular weight is 308 g/mol. The molecule has 0 saturated heterocycles. The van der Waals surface area contributed by atoms with Crippen molar-refractivity contribution in [1.29, 1.82) is 0 Å². The lowest BCUT2D eigenvalue weighted by molar-refractivity contribution is -0.124. The average Bonchev–Trinajstić information content (AvgIpc) is 2.55. The third kappa shape index (κ3) is 2.64. The maximum absolute atomic E-state index is 12.6. The van der Waals surface area contributed by atoms with E-state index in [4.69, 9.17) is 0 Å². The third-order valence-corrected chi connectivity index (χ3v) is 5.48. The first-order valence-electron chi connectivity index (χ1n) is 7.36. The van der Waals surface area contributed by atoms with Crippen LogP contribution in [0.1, 0.15) is 25.7 Å². The highest BCUT2D eigenvalue weighted by atomic mass is 32.2.